The number of nitrogens with one attached hydrogen (secondary N) is 1. The lowest BCUT2D eigenvalue weighted by Crippen LogP contribution is -2.57. The average Bonchev–Trinajstić information content (AvgIpc) is 3.49. The summed E-state index contributed by atoms with van der Waals surface area (Å²) in [5.41, 5.74) is 4.97. The van der Waals surface area contributed by atoms with Gasteiger partial charge in [-0.2, -0.15) is 0 Å². The van der Waals surface area contributed by atoms with Crippen molar-refractivity contribution >= 4 is 17.6 Å². The highest BCUT2D eigenvalue weighted by Crippen LogP contribution is 2.41. The minimum Gasteiger partial charge on any atom is -0.494 e. The van der Waals surface area contributed by atoms with Crippen LogP contribution in [-0.2, 0) is 4.79 Å². The molecule has 2 aliphatic rings. The molecule has 2 fully saturated rings. The molecule has 152 valence electrons. The van der Waals surface area contributed by atoms with Gasteiger partial charge in [0.15, 0.2) is 0 Å². The van der Waals surface area contributed by atoms with Gasteiger partial charge in [-0.1, -0.05) is 0 Å². The van der Waals surface area contributed by atoms with Gasteiger partial charge in [0.2, 0.25) is 5.91 Å². The molecule has 2 aromatic rings. The van der Waals surface area contributed by atoms with E-state index in [1.165, 1.54) is 19.4 Å². The van der Waals surface area contributed by atoms with E-state index in [0.29, 0.717) is 18.9 Å². The van der Waals surface area contributed by atoms with Crippen molar-refractivity contribution < 1.29 is 23.1 Å². The minimum absolute atomic E-state index is 0.0298. The van der Waals surface area contributed by atoms with Crippen LogP contribution in [0.25, 0.3) is 11.1 Å². The van der Waals surface area contributed by atoms with Gasteiger partial charge in [0, 0.05) is 30.4 Å². The van der Waals surface area contributed by atoms with Gasteiger partial charge in [0.05, 0.1) is 24.4 Å². The molecule has 10 heteroatoms. The number of nitrogens with zero attached hydrogens (tertiary/aromatic N) is 3. The van der Waals surface area contributed by atoms with Crippen molar-refractivity contribution in [2.45, 2.75) is 24.8 Å². The summed E-state index contributed by atoms with van der Waals surface area (Å²) in [5, 5.41) is 3.23. The normalized spacial score (nSPS) is 17.7. The predicted octanol–water partition coefficient (Wildman–Crippen LogP) is 1.66. The highest BCUT2D eigenvalue weighted by atomic mass is 19.3. The maximum atomic E-state index is 13.2. The molecule has 0 aromatic carbocycles. The first kappa shape index (κ1) is 19.2. The number of alkyl halides is 2. The standard InChI is InChI=1S/C19H19F2N5O3/c1-29-14-9-23-13(16(20)21)6-11(14)10-7-15(24-8-12(10)17(22)27)26-5-4-25-19(2-3-19)18(26)28/h6-9,16,25H,2-5H2,1H3,(H2,22,27). The van der Waals surface area contributed by atoms with Crippen LogP contribution in [0.2, 0.25) is 0 Å². The van der Waals surface area contributed by atoms with Crippen LogP contribution in [-0.4, -0.2) is 47.5 Å². The molecule has 3 N–H and O–H groups in total. The lowest BCUT2D eigenvalue weighted by molar-refractivity contribution is -0.122. The second-order valence-electron chi connectivity index (χ2n) is 7.03. The third kappa shape index (κ3) is 3.29. The first-order valence-corrected chi connectivity index (χ1v) is 9.05. The maximum absolute atomic E-state index is 13.2. The molecule has 3 heterocycles. The Hall–Kier alpha value is -3.14. The lowest BCUT2D eigenvalue weighted by Gasteiger charge is -2.33. The number of rotatable bonds is 5. The van der Waals surface area contributed by atoms with Crippen LogP contribution in [0.15, 0.2) is 24.5 Å². The number of amides is 2. The van der Waals surface area contributed by atoms with E-state index in [1.807, 2.05) is 0 Å². The third-order valence-corrected chi connectivity index (χ3v) is 5.26. The number of halogens is 2. The molecule has 1 aliphatic heterocycles. The smallest absolute Gasteiger partial charge is 0.280 e. The van der Waals surface area contributed by atoms with Gasteiger partial charge in [0.25, 0.3) is 12.3 Å². The molecule has 0 unspecified atom stereocenters. The van der Waals surface area contributed by atoms with Crippen LogP contribution < -0.4 is 20.7 Å². The largest absolute Gasteiger partial charge is 0.494 e. The first-order valence-electron chi connectivity index (χ1n) is 9.05. The Morgan fingerprint density at radius 1 is 1.28 bits per heavy atom. The van der Waals surface area contributed by atoms with Crippen molar-refractivity contribution in [2.75, 3.05) is 25.1 Å². The number of pyridine rings is 2. The van der Waals surface area contributed by atoms with Gasteiger partial charge in [-0.25, -0.2) is 13.8 Å². The summed E-state index contributed by atoms with van der Waals surface area (Å²) >= 11 is 0. The van der Waals surface area contributed by atoms with Crippen LogP contribution in [0.3, 0.4) is 0 Å². The minimum atomic E-state index is -2.80. The summed E-state index contributed by atoms with van der Waals surface area (Å²) < 4.78 is 31.7. The third-order valence-electron chi connectivity index (χ3n) is 5.26. The van der Waals surface area contributed by atoms with Crippen molar-refractivity contribution in [2.24, 2.45) is 5.73 Å². The quantitative estimate of drug-likeness (QED) is 0.786. The Morgan fingerprint density at radius 2 is 2.03 bits per heavy atom. The van der Waals surface area contributed by atoms with E-state index in [9.17, 15) is 18.4 Å². The molecule has 1 saturated heterocycles. The number of aromatic nitrogens is 2. The fraction of sp³-hybridized carbons (Fsp3) is 0.368. The average molecular weight is 403 g/mol. The van der Waals surface area contributed by atoms with E-state index >= 15 is 0 Å². The fourth-order valence-electron chi connectivity index (χ4n) is 3.54. The number of piperazine rings is 1. The zero-order chi connectivity index (χ0) is 20.8. The number of ether oxygens (including phenoxy) is 1. The van der Waals surface area contributed by atoms with Gasteiger partial charge >= 0.3 is 0 Å². The summed E-state index contributed by atoms with van der Waals surface area (Å²) in [6, 6.07) is 2.66. The van der Waals surface area contributed by atoms with Crippen molar-refractivity contribution in [3.05, 3.63) is 35.8 Å². The molecule has 8 nitrogen and oxygen atoms in total. The summed E-state index contributed by atoms with van der Waals surface area (Å²) in [6.45, 7) is 1.01. The summed E-state index contributed by atoms with van der Waals surface area (Å²) in [6.07, 6.45) is 1.12. The molecule has 0 radical (unpaired) electrons. The van der Waals surface area contributed by atoms with Crippen molar-refractivity contribution in [3.8, 4) is 16.9 Å². The Bertz CT molecular complexity index is 994. The number of nitrogens with two attached hydrogens (primary N) is 1. The molecule has 29 heavy (non-hydrogen) atoms. The van der Waals surface area contributed by atoms with Gasteiger partial charge in [0.1, 0.15) is 17.3 Å². The SMILES string of the molecule is COc1cnc(C(F)F)cc1-c1cc(N2CCNC3(CC3)C2=O)ncc1C(N)=O. The maximum Gasteiger partial charge on any atom is 0.280 e. The zero-order valence-electron chi connectivity index (χ0n) is 15.6. The number of anilines is 1. The van der Waals surface area contributed by atoms with E-state index in [0.717, 1.165) is 25.1 Å². The number of carbonyl (C=O) groups is 2. The van der Waals surface area contributed by atoms with Gasteiger partial charge in [-0.15, -0.1) is 0 Å². The van der Waals surface area contributed by atoms with Gasteiger partial charge in [-0.3, -0.25) is 19.5 Å². The Labute approximate surface area is 165 Å². The van der Waals surface area contributed by atoms with Crippen LogP contribution >= 0.6 is 0 Å². The number of methoxy groups -OCH3 is 1. The Morgan fingerprint density at radius 3 is 2.66 bits per heavy atom. The molecule has 0 bridgehead atoms. The van der Waals surface area contributed by atoms with Crippen LogP contribution in [0, 0.1) is 0 Å². The van der Waals surface area contributed by atoms with Crippen LogP contribution in [0.5, 0.6) is 5.75 Å². The van der Waals surface area contributed by atoms with E-state index < -0.39 is 23.6 Å². The first-order chi connectivity index (χ1) is 13.9. The second-order valence-corrected chi connectivity index (χ2v) is 7.03. The number of hydrogen-bond acceptors (Lipinski definition) is 6. The lowest BCUT2D eigenvalue weighted by atomic mass is 9.99. The Kier molecular flexibility index (Phi) is 4.65. The molecule has 1 aliphatic carbocycles. The van der Waals surface area contributed by atoms with E-state index in [-0.39, 0.29) is 28.3 Å². The molecule has 1 saturated carbocycles. The van der Waals surface area contributed by atoms with Crippen molar-refractivity contribution in [3.63, 3.8) is 0 Å². The highest BCUT2D eigenvalue weighted by Gasteiger charge is 2.53. The van der Waals surface area contributed by atoms with E-state index in [1.54, 1.807) is 4.90 Å². The molecule has 2 aromatic heterocycles. The molecule has 2 amide bonds. The van der Waals surface area contributed by atoms with Gasteiger partial charge < -0.3 is 15.8 Å². The monoisotopic (exact) mass is 403 g/mol. The van der Waals surface area contributed by atoms with E-state index in [4.69, 9.17) is 10.5 Å². The second kappa shape index (κ2) is 7.03. The summed E-state index contributed by atoms with van der Waals surface area (Å²) in [5.74, 6) is -0.356. The van der Waals surface area contributed by atoms with Crippen LogP contribution in [0.4, 0.5) is 14.6 Å². The molecule has 1 spiro atoms. The number of carbonyl (C=O) groups excluding carboxylic acids is 2. The Balaban J connectivity index is 1.84. The molecular weight excluding hydrogens is 384 g/mol. The van der Waals surface area contributed by atoms with Crippen molar-refractivity contribution in [1.29, 1.82) is 0 Å². The summed E-state index contributed by atoms with van der Waals surface area (Å²) in [4.78, 5) is 34.3. The van der Waals surface area contributed by atoms with E-state index in [2.05, 4.69) is 15.3 Å². The predicted molar refractivity (Wildman–Crippen MR) is 99.8 cm³/mol. The summed E-state index contributed by atoms with van der Waals surface area (Å²) in [7, 11) is 1.37. The molecular formula is C19H19F2N5O3. The topological polar surface area (TPSA) is 110 Å². The molecule has 0 atom stereocenters. The number of hydrogen-bond donors (Lipinski definition) is 2. The number of primary amides is 1. The van der Waals surface area contributed by atoms with Gasteiger partial charge in [-0.05, 0) is 25.0 Å². The van der Waals surface area contributed by atoms with Crippen LogP contribution in [0.1, 0.15) is 35.3 Å². The fourth-order valence-corrected chi connectivity index (χ4v) is 3.54. The zero-order valence-corrected chi connectivity index (χ0v) is 15.6. The highest BCUT2D eigenvalue weighted by molar-refractivity contribution is 6.04. The van der Waals surface area contributed by atoms with Crippen molar-refractivity contribution in [1.82, 2.24) is 15.3 Å². The molecule has 4 rings (SSSR count).